The molecule has 0 bridgehead atoms. The predicted molar refractivity (Wildman–Crippen MR) is 369 cm³/mol. The van der Waals surface area contributed by atoms with Crippen LogP contribution in [0, 0.1) is 36.5 Å². The molecule has 6 aliphatic heterocycles. The van der Waals surface area contributed by atoms with Crippen LogP contribution >= 0.6 is 54.0 Å². The molecule has 1 amide bonds. The monoisotopic (exact) mass is 1330 g/mol. The number of aromatic amines is 2. The normalized spacial score (nSPS) is 19.8. The van der Waals surface area contributed by atoms with E-state index in [-0.39, 0.29) is 73.0 Å². The molecule has 4 saturated heterocycles. The number of carbonyl (C=O) groups is 2. The van der Waals surface area contributed by atoms with Gasteiger partial charge in [-0.15, -0.1) is 0 Å². The Morgan fingerprint density at radius 1 is 0.637 bits per heavy atom. The summed E-state index contributed by atoms with van der Waals surface area (Å²) < 4.78 is 37.4. The maximum Gasteiger partial charge on any atom is 0.364 e. The third-order valence-corrected chi connectivity index (χ3v) is 17.6. The van der Waals surface area contributed by atoms with Gasteiger partial charge in [-0.25, -0.2) is 9.18 Å². The number of aromatic nitrogens is 8. The van der Waals surface area contributed by atoms with Crippen LogP contribution in [0.25, 0.3) is 21.8 Å². The number of likely N-dealkylation sites (N-methyl/N-ethyl adjacent to an activating group) is 2. The van der Waals surface area contributed by atoms with Crippen LogP contribution < -0.4 is 34.4 Å². The Bertz CT molecular complexity index is 3570. The number of carboxylic acids is 1. The number of hydrogen-bond donors (Lipinski definition) is 4. The van der Waals surface area contributed by atoms with Crippen molar-refractivity contribution < 1.29 is 33.0 Å². The number of benzene rings is 2. The number of anilines is 4. The van der Waals surface area contributed by atoms with E-state index in [0.717, 1.165) is 147 Å². The van der Waals surface area contributed by atoms with E-state index in [9.17, 15) is 28.9 Å². The van der Waals surface area contributed by atoms with Crippen molar-refractivity contribution in [3.8, 4) is 24.2 Å². The zero-order chi connectivity index (χ0) is 61.3. The van der Waals surface area contributed by atoms with Crippen molar-refractivity contribution in [3.05, 3.63) is 95.1 Å². The van der Waals surface area contributed by atoms with Crippen molar-refractivity contribution in [2.75, 3.05) is 112 Å². The minimum absolute atomic E-state index is 0. The maximum absolute atomic E-state index is 13.8. The van der Waals surface area contributed by atoms with E-state index in [4.69, 9.17) is 34.5 Å². The molecule has 0 saturated carbocycles. The Balaban J connectivity index is 0.000000256. The van der Waals surface area contributed by atoms with Gasteiger partial charge in [0, 0.05) is 92.4 Å². The van der Waals surface area contributed by atoms with Crippen LogP contribution in [0.3, 0.4) is 0 Å². The molecule has 4 fully saturated rings. The van der Waals surface area contributed by atoms with Crippen LogP contribution in [0.15, 0.2) is 61.5 Å². The highest BCUT2D eigenvalue weighted by Crippen LogP contribution is 2.38. The summed E-state index contributed by atoms with van der Waals surface area (Å²) in [7, 11) is 4.28. The summed E-state index contributed by atoms with van der Waals surface area (Å²) >= 11 is 0. The molecule has 0 spiro atoms. The van der Waals surface area contributed by atoms with Gasteiger partial charge in [-0.2, -0.15) is 99.0 Å². The average molecular weight is 1330 g/mol. The van der Waals surface area contributed by atoms with Gasteiger partial charge >= 0.3 is 18.0 Å². The van der Waals surface area contributed by atoms with Crippen LogP contribution in [-0.2, 0) is 35.5 Å². The van der Waals surface area contributed by atoms with Gasteiger partial charge in [0.05, 0.1) is 90.3 Å². The lowest BCUT2D eigenvalue weighted by atomic mass is 10.1. The standard InChI is InChI=1S/C31H38FN9O2.C28H37N9O.C3H3FO2.4H2S/c1-20-8-9-26-25(16-34-37-26)28(20)39-13-5-7-24-27(18-39)35-31(43-19-23-6-4-12-38(23)3)36-29(24)40-14-15-41(30(42)21(2)32)22(17-40)10-11-33;1-19-7-8-24-23(15-31-34-24)26(19)36-13-4-6-22-25(17-36)32-28(38-18-21-5-3-12-35(21)2)33-27(22)37-14-11-30-20(16-37)9-10-29;1-2(4)3(5)6;;;;/h8-9,16,22-23H,2,4-7,10,12-15,17-19H2,1,3H3,(H,34,37);7-8,15,20-21,30H,3-6,9,11-14,16-18H2,1-2H3,(H,31,34);1H2,(H,5,6);4*1H2/t22-,23-;20-,21-;;;;;/m00...../s1. The molecule has 29 heteroatoms. The second-order valence-electron chi connectivity index (χ2n) is 23.4. The van der Waals surface area contributed by atoms with Gasteiger partial charge in [0.25, 0.3) is 5.91 Å². The van der Waals surface area contributed by atoms with Crippen molar-refractivity contribution in [2.24, 2.45) is 0 Å². The van der Waals surface area contributed by atoms with E-state index < -0.39 is 29.6 Å². The Morgan fingerprint density at radius 2 is 1.12 bits per heavy atom. The molecule has 0 unspecified atom stereocenters. The summed E-state index contributed by atoms with van der Waals surface area (Å²) in [6.07, 6.45) is 12.5. The number of hydrogen-bond acceptors (Lipinski definition) is 19. The molecule has 4 atom stereocenters. The molecular formula is C62H86F2N18O5S4. The molecule has 0 radical (unpaired) electrons. The number of aryl methyl sites for hydroxylation is 2. The van der Waals surface area contributed by atoms with E-state index in [1.54, 1.807) is 0 Å². The summed E-state index contributed by atoms with van der Waals surface area (Å²) in [5.74, 6) is -2.94. The molecule has 0 aliphatic carbocycles. The number of amides is 1. The van der Waals surface area contributed by atoms with E-state index >= 15 is 0 Å². The van der Waals surface area contributed by atoms with Gasteiger partial charge in [0.2, 0.25) is 5.83 Å². The Hall–Kier alpha value is -7.12. The van der Waals surface area contributed by atoms with Crippen molar-refractivity contribution in [2.45, 2.75) is 115 Å². The first kappa shape index (κ1) is 72.9. The molecule has 4 aromatic heterocycles. The number of H-pyrrole nitrogens is 2. The topological polar surface area (TPSA) is 264 Å². The van der Waals surface area contributed by atoms with Crippen LogP contribution in [0.5, 0.6) is 12.0 Å². The van der Waals surface area contributed by atoms with Crippen LogP contribution in [0.2, 0.25) is 0 Å². The lowest BCUT2D eigenvalue weighted by Crippen LogP contribution is -2.55. The second kappa shape index (κ2) is 33.5. The quantitative estimate of drug-likeness (QED) is 0.0780. The van der Waals surface area contributed by atoms with Crippen LogP contribution in [-0.4, -0.2) is 189 Å². The largest absolute Gasteiger partial charge is 0.476 e. The number of piperazine rings is 2. The number of rotatable bonds is 14. The minimum Gasteiger partial charge on any atom is -0.476 e. The number of aliphatic carboxylic acids is 1. The highest BCUT2D eigenvalue weighted by molar-refractivity contribution is 7.59. The van der Waals surface area contributed by atoms with Gasteiger partial charge in [-0.1, -0.05) is 25.3 Å². The van der Waals surface area contributed by atoms with Crippen LogP contribution in [0.4, 0.5) is 31.8 Å². The van der Waals surface area contributed by atoms with Crippen LogP contribution in [0.1, 0.15) is 85.0 Å². The summed E-state index contributed by atoms with van der Waals surface area (Å²) in [6, 6.07) is 14.1. The van der Waals surface area contributed by atoms with Gasteiger partial charge < -0.3 is 54.2 Å². The molecule has 492 valence electrons. The molecule has 6 aliphatic rings. The summed E-state index contributed by atoms with van der Waals surface area (Å²) in [5, 5.41) is 46.8. The number of halogens is 2. The fraction of sp³-hybridized carbons (Fsp3) is 0.516. The Kier molecular flexibility index (Phi) is 26.8. The number of nitrogens with zero attached hydrogens (tertiary/aromatic N) is 15. The zero-order valence-electron chi connectivity index (χ0n) is 52.2. The first-order valence-electron chi connectivity index (χ1n) is 30.1. The molecule has 4 N–H and O–H groups in total. The van der Waals surface area contributed by atoms with Gasteiger partial charge in [-0.05, 0) is 116 Å². The van der Waals surface area contributed by atoms with E-state index in [1.807, 2.05) is 12.4 Å². The molecule has 91 heavy (non-hydrogen) atoms. The number of fused-ring (bicyclic) bond motifs is 4. The Labute approximate surface area is 558 Å². The molecule has 23 nitrogen and oxygen atoms in total. The fourth-order valence-corrected chi connectivity index (χ4v) is 13.0. The Morgan fingerprint density at radius 3 is 1.56 bits per heavy atom. The highest BCUT2D eigenvalue weighted by Gasteiger charge is 2.36. The van der Waals surface area contributed by atoms with Crippen molar-refractivity contribution in [1.29, 1.82) is 10.5 Å². The minimum atomic E-state index is -1.60. The molecular weight excluding hydrogens is 1240 g/mol. The number of nitriles is 2. The summed E-state index contributed by atoms with van der Waals surface area (Å²) in [5.41, 5.74) is 11.0. The van der Waals surface area contributed by atoms with Gasteiger partial charge in [-0.3, -0.25) is 15.0 Å². The van der Waals surface area contributed by atoms with Crippen molar-refractivity contribution in [3.63, 3.8) is 0 Å². The fourth-order valence-electron chi connectivity index (χ4n) is 13.0. The smallest absolute Gasteiger partial charge is 0.364 e. The lowest BCUT2D eigenvalue weighted by molar-refractivity contribution is -0.134. The molecule has 10 heterocycles. The molecule has 6 aromatic rings. The molecule has 2 aromatic carbocycles. The zero-order valence-corrected chi connectivity index (χ0v) is 56.2. The summed E-state index contributed by atoms with van der Waals surface area (Å²) in [6.45, 7) is 19.8. The van der Waals surface area contributed by atoms with E-state index in [0.29, 0.717) is 69.9 Å². The average Bonchev–Trinajstić information content (AvgIpc) is 1.71. The highest BCUT2D eigenvalue weighted by atomic mass is 32.1. The lowest BCUT2D eigenvalue weighted by Gasteiger charge is -2.41. The summed E-state index contributed by atoms with van der Waals surface area (Å²) in [4.78, 5) is 57.1. The van der Waals surface area contributed by atoms with E-state index in [1.165, 1.54) is 33.7 Å². The maximum atomic E-state index is 13.8. The number of likely N-dealkylation sites (tertiary alicyclic amines) is 2. The predicted octanol–water partition coefficient (Wildman–Crippen LogP) is 7.29. The number of ether oxygens (including phenoxy) is 2. The van der Waals surface area contributed by atoms with Gasteiger partial charge in [0.1, 0.15) is 24.8 Å². The second-order valence-corrected chi connectivity index (χ2v) is 23.4. The molecule has 12 rings (SSSR count). The number of carboxylic acid groups (broad SMARTS) is 1. The number of nitrogens with one attached hydrogen (secondary N) is 3. The van der Waals surface area contributed by atoms with Gasteiger partial charge in [0.15, 0.2) is 5.83 Å². The van der Waals surface area contributed by atoms with E-state index in [2.05, 4.69) is 133 Å². The SMILES string of the molecule is C=C(F)C(=O)N1CCN(c2nc(OC[C@@H]3CCCN3C)nc3c2CCCN(c2c(C)ccc4[nH]ncc24)C3)C[C@@H]1CC#N.C=C(F)C(=O)O.Cc1ccc2[nH]ncc2c1N1CCCc2c(nc(OC[C@@H]3CCCN3C)nc2N2CCN[C@@H](CC#N)C2)C1.S.S.S.S. The van der Waals surface area contributed by atoms with Crippen molar-refractivity contribution >= 4 is 111 Å². The van der Waals surface area contributed by atoms with Crippen molar-refractivity contribution in [1.82, 2.24) is 60.3 Å². The first-order valence-corrected chi connectivity index (χ1v) is 30.1. The first-order chi connectivity index (χ1) is 42.1. The third kappa shape index (κ3) is 17.1. The third-order valence-electron chi connectivity index (χ3n) is 17.6. The number of carbonyl (C=O) groups excluding carboxylic acids is 1.